The van der Waals surface area contributed by atoms with Gasteiger partial charge in [-0.1, -0.05) is 44.4 Å². The van der Waals surface area contributed by atoms with Gasteiger partial charge in [0.1, 0.15) is 5.82 Å². The van der Waals surface area contributed by atoms with Gasteiger partial charge >= 0.3 is 0 Å². The normalized spacial score (nSPS) is 18.1. The maximum absolute atomic E-state index is 13.6. The van der Waals surface area contributed by atoms with E-state index in [9.17, 15) is 14.0 Å². The minimum atomic E-state index is -0.360. The third-order valence-corrected chi connectivity index (χ3v) is 7.22. The maximum atomic E-state index is 13.6. The van der Waals surface area contributed by atoms with Crippen LogP contribution in [0.4, 0.5) is 10.1 Å². The molecule has 34 heavy (non-hydrogen) atoms. The van der Waals surface area contributed by atoms with Crippen molar-refractivity contribution in [3.05, 3.63) is 65.5 Å². The van der Waals surface area contributed by atoms with Crippen molar-refractivity contribution in [2.75, 3.05) is 31.5 Å². The van der Waals surface area contributed by atoms with Crippen LogP contribution in [0.3, 0.4) is 0 Å². The second kappa shape index (κ2) is 11.6. The SMILES string of the molecule is CCCCc1ccc(C(=O)N2CCN([C@H](C(=O)Nc3cccc(F)c3)C3CCCC3)CC2)cc1. The summed E-state index contributed by atoms with van der Waals surface area (Å²) in [6.07, 6.45) is 7.71. The Bertz CT molecular complexity index is 964. The number of rotatable bonds is 8. The van der Waals surface area contributed by atoms with Crippen LogP contribution in [0.1, 0.15) is 61.4 Å². The number of halogens is 1. The Kier molecular flexibility index (Phi) is 8.33. The van der Waals surface area contributed by atoms with Crippen molar-refractivity contribution in [1.82, 2.24) is 9.80 Å². The Balaban J connectivity index is 1.38. The number of carbonyl (C=O) groups is 2. The Labute approximate surface area is 202 Å². The number of benzene rings is 2. The van der Waals surface area contributed by atoms with Crippen molar-refractivity contribution >= 4 is 17.5 Å². The molecule has 1 heterocycles. The van der Waals surface area contributed by atoms with Gasteiger partial charge in [0, 0.05) is 37.4 Å². The molecular formula is C28H36FN3O2. The van der Waals surface area contributed by atoms with Crippen molar-refractivity contribution in [3.8, 4) is 0 Å². The van der Waals surface area contributed by atoms with Crippen molar-refractivity contribution in [2.45, 2.75) is 57.9 Å². The zero-order chi connectivity index (χ0) is 23.9. The van der Waals surface area contributed by atoms with E-state index in [1.807, 2.05) is 17.0 Å². The summed E-state index contributed by atoms with van der Waals surface area (Å²) >= 11 is 0. The average Bonchev–Trinajstić information content (AvgIpc) is 3.37. The number of carbonyl (C=O) groups excluding carboxylic acids is 2. The van der Waals surface area contributed by atoms with Crippen LogP contribution in [0, 0.1) is 11.7 Å². The molecule has 0 radical (unpaired) electrons. The van der Waals surface area contributed by atoms with Crippen molar-refractivity contribution in [3.63, 3.8) is 0 Å². The molecule has 1 aliphatic heterocycles. The van der Waals surface area contributed by atoms with E-state index < -0.39 is 0 Å². The summed E-state index contributed by atoms with van der Waals surface area (Å²) in [5.74, 6) is -0.0736. The lowest BCUT2D eigenvalue weighted by atomic mass is 9.94. The molecule has 1 saturated carbocycles. The first-order chi connectivity index (χ1) is 16.5. The number of aryl methyl sites for hydroxylation is 1. The number of nitrogens with zero attached hydrogens (tertiary/aromatic N) is 2. The molecule has 2 amide bonds. The van der Waals surface area contributed by atoms with Crippen LogP contribution in [-0.4, -0.2) is 53.8 Å². The first-order valence-electron chi connectivity index (χ1n) is 12.7. The number of amides is 2. The third-order valence-electron chi connectivity index (χ3n) is 7.22. The summed E-state index contributed by atoms with van der Waals surface area (Å²) in [7, 11) is 0. The Hall–Kier alpha value is -2.73. The molecule has 0 unspecified atom stereocenters. The van der Waals surface area contributed by atoms with Gasteiger partial charge in [-0.3, -0.25) is 14.5 Å². The Morgan fingerprint density at radius 2 is 1.74 bits per heavy atom. The Morgan fingerprint density at radius 3 is 2.38 bits per heavy atom. The first kappa shape index (κ1) is 24.4. The molecule has 1 aliphatic carbocycles. The van der Waals surface area contributed by atoms with E-state index in [2.05, 4.69) is 29.3 Å². The van der Waals surface area contributed by atoms with Gasteiger partial charge in [0.2, 0.25) is 5.91 Å². The van der Waals surface area contributed by atoms with Crippen LogP contribution >= 0.6 is 0 Å². The van der Waals surface area contributed by atoms with Crippen LogP contribution in [0.25, 0.3) is 0 Å². The molecule has 1 atom stereocenters. The van der Waals surface area contributed by atoms with Crippen LogP contribution < -0.4 is 5.32 Å². The number of nitrogens with one attached hydrogen (secondary N) is 1. The average molecular weight is 466 g/mol. The molecule has 182 valence electrons. The lowest BCUT2D eigenvalue weighted by Gasteiger charge is -2.40. The monoisotopic (exact) mass is 465 g/mol. The molecular weight excluding hydrogens is 429 g/mol. The highest BCUT2D eigenvalue weighted by Crippen LogP contribution is 2.32. The molecule has 2 aromatic rings. The fourth-order valence-electron chi connectivity index (χ4n) is 5.31. The van der Waals surface area contributed by atoms with E-state index in [0.29, 0.717) is 37.8 Å². The standard InChI is InChI=1S/C28H36FN3O2/c1-2-3-7-21-12-14-23(15-13-21)28(34)32-18-16-31(17-19-32)26(22-8-4-5-9-22)27(33)30-25-11-6-10-24(29)20-25/h6,10-15,20,22,26H,2-5,7-9,16-19H2,1H3,(H,30,33)/t26-/m0/s1. The molecule has 4 rings (SSSR count). The quantitative estimate of drug-likeness (QED) is 0.589. The summed E-state index contributed by atoms with van der Waals surface area (Å²) < 4.78 is 13.6. The highest BCUT2D eigenvalue weighted by molar-refractivity contribution is 5.95. The van der Waals surface area contributed by atoms with E-state index in [-0.39, 0.29) is 23.7 Å². The van der Waals surface area contributed by atoms with Gasteiger partial charge in [-0.25, -0.2) is 4.39 Å². The number of hydrogen-bond donors (Lipinski definition) is 1. The van der Waals surface area contributed by atoms with Gasteiger partial charge in [-0.05, 0) is 67.5 Å². The predicted molar refractivity (Wildman–Crippen MR) is 133 cm³/mol. The zero-order valence-electron chi connectivity index (χ0n) is 20.1. The summed E-state index contributed by atoms with van der Waals surface area (Å²) in [5, 5.41) is 2.94. The molecule has 5 nitrogen and oxygen atoms in total. The fourth-order valence-corrected chi connectivity index (χ4v) is 5.31. The van der Waals surface area contributed by atoms with E-state index >= 15 is 0 Å². The number of hydrogen-bond acceptors (Lipinski definition) is 3. The lowest BCUT2D eigenvalue weighted by molar-refractivity contribution is -0.123. The molecule has 6 heteroatoms. The topological polar surface area (TPSA) is 52.7 Å². The van der Waals surface area contributed by atoms with Crippen LogP contribution in [-0.2, 0) is 11.2 Å². The van der Waals surface area contributed by atoms with Gasteiger partial charge in [0.05, 0.1) is 6.04 Å². The molecule has 2 fully saturated rings. The number of piperazine rings is 1. The maximum Gasteiger partial charge on any atom is 0.253 e. The molecule has 1 N–H and O–H groups in total. The highest BCUT2D eigenvalue weighted by Gasteiger charge is 2.37. The van der Waals surface area contributed by atoms with Gasteiger partial charge < -0.3 is 10.2 Å². The lowest BCUT2D eigenvalue weighted by Crippen LogP contribution is -2.56. The van der Waals surface area contributed by atoms with Crippen LogP contribution in [0.5, 0.6) is 0 Å². The van der Waals surface area contributed by atoms with Gasteiger partial charge in [0.25, 0.3) is 5.91 Å². The minimum absolute atomic E-state index is 0.0586. The second-order valence-electron chi connectivity index (χ2n) is 9.62. The summed E-state index contributed by atoms with van der Waals surface area (Å²) in [6.45, 7) is 4.72. The van der Waals surface area contributed by atoms with Crippen LogP contribution in [0.15, 0.2) is 48.5 Å². The Morgan fingerprint density at radius 1 is 1.03 bits per heavy atom. The summed E-state index contributed by atoms with van der Waals surface area (Å²) in [4.78, 5) is 30.5. The van der Waals surface area contributed by atoms with Gasteiger partial charge in [0.15, 0.2) is 0 Å². The van der Waals surface area contributed by atoms with Gasteiger partial charge in [-0.15, -0.1) is 0 Å². The molecule has 0 bridgehead atoms. The fraction of sp³-hybridized carbons (Fsp3) is 0.500. The number of unbranched alkanes of at least 4 members (excludes halogenated alkanes) is 1. The second-order valence-corrected chi connectivity index (χ2v) is 9.62. The molecule has 2 aromatic carbocycles. The van der Waals surface area contributed by atoms with E-state index in [4.69, 9.17) is 0 Å². The highest BCUT2D eigenvalue weighted by atomic mass is 19.1. The summed E-state index contributed by atoms with van der Waals surface area (Å²) in [6, 6.07) is 13.8. The van der Waals surface area contributed by atoms with Crippen molar-refractivity contribution in [1.29, 1.82) is 0 Å². The summed E-state index contributed by atoms with van der Waals surface area (Å²) in [5.41, 5.74) is 2.49. The number of anilines is 1. The predicted octanol–water partition coefficient (Wildman–Crippen LogP) is 5.12. The van der Waals surface area contributed by atoms with E-state index in [0.717, 1.165) is 50.5 Å². The molecule has 0 aromatic heterocycles. The third kappa shape index (κ3) is 6.03. The van der Waals surface area contributed by atoms with E-state index in [1.54, 1.807) is 12.1 Å². The molecule has 0 spiro atoms. The first-order valence-corrected chi connectivity index (χ1v) is 12.7. The van der Waals surface area contributed by atoms with Gasteiger partial charge in [-0.2, -0.15) is 0 Å². The van der Waals surface area contributed by atoms with Crippen molar-refractivity contribution in [2.24, 2.45) is 5.92 Å². The largest absolute Gasteiger partial charge is 0.336 e. The van der Waals surface area contributed by atoms with E-state index in [1.165, 1.54) is 17.7 Å². The molecule has 1 saturated heterocycles. The minimum Gasteiger partial charge on any atom is -0.336 e. The molecule has 2 aliphatic rings. The van der Waals surface area contributed by atoms with Crippen LogP contribution in [0.2, 0.25) is 0 Å². The van der Waals surface area contributed by atoms with Crippen molar-refractivity contribution < 1.29 is 14.0 Å². The zero-order valence-corrected chi connectivity index (χ0v) is 20.1. The smallest absolute Gasteiger partial charge is 0.253 e.